The van der Waals surface area contributed by atoms with Crippen molar-refractivity contribution in [3.05, 3.63) is 41.9 Å². The maximum Gasteiger partial charge on any atom is 0.136 e. The summed E-state index contributed by atoms with van der Waals surface area (Å²) >= 11 is 4.98. The topological polar surface area (TPSA) is 68.8 Å². The Morgan fingerprint density at radius 3 is 3.00 bits per heavy atom. The largest absolute Gasteiger partial charge is 0.389 e. The highest BCUT2D eigenvalue weighted by Crippen LogP contribution is 2.11. The van der Waals surface area contributed by atoms with E-state index < -0.39 is 0 Å². The molecule has 2 rings (SSSR count). The van der Waals surface area contributed by atoms with Crippen molar-refractivity contribution in [2.24, 2.45) is 12.8 Å². The molecule has 0 aliphatic heterocycles. The predicted molar refractivity (Wildman–Crippen MR) is 75.5 cm³/mol. The lowest BCUT2D eigenvalue weighted by Crippen LogP contribution is -2.15. The van der Waals surface area contributed by atoms with Crippen LogP contribution >= 0.6 is 12.2 Å². The van der Waals surface area contributed by atoms with Gasteiger partial charge in [0.15, 0.2) is 0 Å². The SMILES string of the molecule is Cn1ccc(CCNc2ncccc2C(N)=S)n1. The van der Waals surface area contributed by atoms with E-state index in [1.165, 1.54) is 0 Å². The van der Waals surface area contributed by atoms with E-state index in [1.807, 2.05) is 31.4 Å². The number of nitrogens with two attached hydrogens (primary N) is 1. The van der Waals surface area contributed by atoms with E-state index in [1.54, 1.807) is 10.9 Å². The van der Waals surface area contributed by atoms with Gasteiger partial charge in [0.1, 0.15) is 10.8 Å². The number of anilines is 1. The minimum absolute atomic E-state index is 0.350. The summed E-state index contributed by atoms with van der Waals surface area (Å²) in [6.45, 7) is 0.740. The summed E-state index contributed by atoms with van der Waals surface area (Å²) in [6, 6.07) is 5.67. The minimum atomic E-state index is 0.350. The number of hydrogen-bond acceptors (Lipinski definition) is 4. The van der Waals surface area contributed by atoms with Crippen LogP contribution in [0.5, 0.6) is 0 Å². The summed E-state index contributed by atoms with van der Waals surface area (Å²) in [5.41, 5.74) is 7.45. The number of pyridine rings is 1. The molecular weight excluding hydrogens is 246 g/mol. The molecule has 0 amide bonds. The number of rotatable bonds is 5. The van der Waals surface area contributed by atoms with Crippen LogP contribution in [0, 0.1) is 0 Å². The Bertz CT molecular complexity index is 549. The van der Waals surface area contributed by atoms with Crippen LogP contribution in [0.3, 0.4) is 0 Å². The molecule has 0 radical (unpaired) electrons. The second-order valence-electron chi connectivity index (χ2n) is 3.92. The number of nitrogens with zero attached hydrogens (tertiary/aromatic N) is 3. The fourth-order valence-corrected chi connectivity index (χ4v) is 1.82. The molecule has 5 nitrogen and oxygen atoms in total. The minimum Gasteiger partial charge on any atom is -0.389 e. The zero-order chi connectivity index (χ0) is 13.0. The molecule has 2 aromatic rings. The Balaban J connectivity index is 1.96. The summed E-state index contributed by atoms with van der Waals surface area (Å²) in [4.78, 5) is 4.58. The highest BCUT2D eigenvalue weighted by Gasteiger charge is 2.05. The Morgan fingerprint density at radius 1 is 1.50 bits per heavy atom. The van der Waals surface area contributed by atoms with E-state index in [-0.39, 0.29) is 0 Å². The highest BCUT2D eigenvalue weighted by molar-refractivity contribution is 7.80. The molecule has 0 spiro atoms. The van der Waals surface area contributed by atoms with Crippen molar-refractivity contribution < 1.29 is 0 Å². The zero-order valence-electron chi connectivity index (χ0n) is 10.1. The Labute approximate surface area is 111 Å². The van der Waals surface area contributed by atoms with E-state index in [0.717, 1.165) is 30.0 Å². The van der Waals surface area contributed by atoms with Gasteiger partial charge in [-0.25, -0.2) is 4.98 Å². The number of aromatic nitrogens is 3. The van der Waals surface area contributed by atoms with Crippen molar-refractivity contribution in [2.45, 2.75) is 6.42 Å². The maximum atomic E-state index is 5.64. The molecule has 2 heterocycles. The molecule has 6 heteroatoms. The van der Waals surface area contributed by atoms with Crippen molar-refractivity contribution in [1.29, 1.82) is 0 Å². The van der Waals surface area contributed by atoms with Gasteiger partial charge < -0.3 is 11.1 Å². The summed E-state index contributed by atoms with van der Waals surface area (Å²) in [5.74, 6) is 0.723. The molecule has 0 aromatic carbocycles. The standard InChI is InChI=1S/C12H15N5S/c1-17-8-5-9(16-17)4-7-15-12-10(11(13)18)3-2-6-14-12/h2-3,5-6,8H,4,7H2,1H3,(H2,13,18)(H,14,15). The van der Waals surface area contributed by atoms with E-state index in [4.69, 9.17) is 18.0 Å². The van der Waals surface area contributed by atoms with Gasteiger partial charge >= 0.3 is 0 Å². The monoisotopic (exact) mass is 261 g/mol. The summed E-state index contributed by atoms with van der Waals surface area (Å²) in [7, 11) is 1.90. The van der Waals surface area contributed by atoms with Crippen molar-refractivity contribution in [3.8, 4) is 0 Å². The zero-order valence-corrected chi connectivity index (χ0v) is 10.9. The van der Waals surface area contributed by atoms with Crippen LogP contribution in [-0.2, 0) is 13.5 Å². The first kappa shape index (κ1) is 12.5. The summed E-state index contributed by atoms with van der Waals surface area (Å²) < 4.78 is 1.79. The molecule has 0 bridgehead atoms. The number of nitrogens with one attached hydrogen (secondary N) is 1. The van der Waals surface area contributed by atoms with Crippen LogP contribution in [-0.4, -0.2) is 26.3 Å². The number of thiocarbonyl (C=S) groups is 1. The third-order valence-electron chi connectivity index (χ3n) is 2.52. The van der Waals surface area contributed by atoms with Crippen molar-refractivity contribution >= 4 is 23.0 Å². The molecule has 3 N–H and O–H groups in total. The van der Waals surface area contributed by atoms with Crippen LogP contribution in [0.1, 0.15) is 11.3 Å². The molecule has 0 saturated heterocycles. The van der Waals surface area contributed by atoms with Gasteiger partial charge in [0.25, 0.3) is 0 Å². The van der Waals surface area contributed by atoms with Gasteiger partial charge in [-0.05, 0) is 18.2 Å². The average molecular weight is 261 g/mol. The van der Waals surface area contributed by atoms with Crippen LogP contribution in [0.4, 0.5) is 5.82 Å². The average Bonchev–Trinajstić information content (AvgIpc) is 2.75. The van der Waals surface area contributed by atoms with Gasteiger partial charge in [0, 0.05) is 32.4 Å². The fourth-order valence-electron chi connectivity index (χ4n) is 1.65. The Hall–Kier alpha value is -1.95. The molecule has 0 unspecified atom stereocenters. The van der Waals surface area contributed by atoms with Crippen LogP contribution in [0.2, 0.25) is 0 Å². The predicted octanol–water partition coefficient (Wildman–Crippen LogP) is 1.10. The molecule has 0 atom stereocenters. The van der Waals surface area contributed by atoms with Crippen molar-refractivity contribution in [3.63, 3.8) is 0 Å². The van der Waals surface area contributed by atoms with E-state index >= 15 is 0 Å². The lowest BCUT2D eigenvalue weighted by molar-refractivity contribution is 0.742. The molecule has 94 valence electrons. The third kappa shape index (κ3) is 3.04. The molecule has 0 aliphatic rings. The summed E-state index contributed by atoms with van der Waals surface area (Å²) in [6.07, 6.45) is 4.47. The second kappa shape index (κ2) is 5.59. The lowest BCUT2D eigenvalue weighted by Gasteiger charge is -2.08. The maximum absolute atomic E-state index is 5.64. The molecule has 18 heavy (non-hydrogen) atoms. The number of aryl methyl sites for hydroxylation is 1. The van der Waals surface area contributed by atoms with E-state index in [9.17, 15) is 0 Å². The smallest absolute Gasteiger partial charge is 0.136 e. The quantitative estimate of drug-likeness (QED) is 0.789. The van der Waals surface area contributed by atoms with Crippen LogP contribution < -0.4 is 11.1 Å². The van der Waals surface area contributed by atoms with Gasteiger partial charge in [-0.2, -0.15) is 5.10 Å². The van der Waals surface area contributed by atoms with Crippen LogP contribution in [0.15, 0.2) is 30.6 Å². The normalized spacial score (nSPS) is 10.3. The van der Waals surface area contributed by atoms with E-state index in [0.29, 0.717) is 4.99 Å². The molecular formula is C12H15N5S. The first-order valence-corrected chi connectivity index (χ1v) is 6.05. The third-order valence-corrected chi connectivity index (χ3v) is 2.74. The van der Waals surface area contributed by atoms with Crippen molar-refractivity contribution in [2.75, 3.05) is 11.9 Å². The Morgan fingerprint density at radius 2 is 2.33 bits per heavy atom. The van der Waals surface area contributed by atoms with Gasteiger partial charge in [0.05, 0.1) is 11.3 Å². The second-order valence-corrected chi connectivity index (χ2v) is 4.36. The van der Waals surface area contributed by atoms with Gasteiger partial charge in [-0.15, -0.1) is 0 Å². The van der Waals surface area contributed by atoms with Crippen LogP contribution in [0.25, 0.3) is 0 Å². The van der Waals surface area contributed by atoms with Crippen molar-refractivity contribution in [1.82, 2.24) is 14.8 Å². The molecule has 0 fully saturated rings. The molecule has 0 saturated carbocycles. The van der Waals surface area contributed by atoms with Gasteiger partial charge in [0.2, 0.25) is 0 Å². The van der Waals surface area contributed by atoms with Gasteiger partial charge in [-0.1, -0.05) is 12.2 Å². The number of hydrogen-bond donors (Lipinski definition) is 2. The molecule has 2 aromatic heterocycles. The summed E-state index contributed by atoms with van der Waals surface area (Å²) in [5, 5.41) is 7.53. The lowest BCUT2D eigenvalue weighted by atomic mass is 10.2. The van der Waals surface area contributed by atoms with E-state index in [2.05, 4.69) is 15.4 Å². The van der Waals surface area contributed by atoms with Gasteiger partial charge in [-0.3, -0.25) is 4.68 Å². The first-order chi connectivity index (χ1) is 8.66. The fraction of sp³-hybridized carbons (Fsp3) is 0.250. The molecule has 0 aliphatic carbocycles. The first-order valence-electron chi connectivity index (χ1n) is 5.64. The Kier molecular flexibility index (Phi) is 3.88. The highest BCUT2D eigenvalue weighted by atomic mass is 32.1.